The van der Waals surface area contributed by atoms with Crippen molar-refractivity contribution in [2.24, 2.45) is 0 Å². The Hall–Kier alpha value is -2.57. The quantitative estimate of drug-likeness (QED) is 0.779. The minimum Gasteiger partial charge on any atom is -0.265 e. The van der Waals surface area contributed by atoms with Gasteiger partial charge in [-0.25, -0.2) is 14.2 Å². The van der Waals surface area contributed by atoms with E-state index in [9.17, 15) is 9.18 Å². The van der Waals surface area contributed by atoms with E-state index in [0.29, 0.717) is 28.7 Å². The lowest BCUT2D eigenvalue weighted by molar-refractivity contribution is 0.583. The van der Waals surface area contributed by atoms with Crippen LogP contribution >= 0.6 is 0 Å². The first-order valence-electron chi connectivity index (χ1n) is 6.25. The third-order valence-electron chi connectivity index (χ3n) is 3.13. The zero-order chi connectivity index (χ0) is 14.1. The molecular weight excluding hydrogens is 261 g/mol. The number of aryl methyl sites for hydroxylation is 1. The monoisotopic (exact) mass is 273 g/mol. The van der Waals surface area contributed by atoms with E-state index < -0.39 is 0 Å². The summed E-state index contributed by atoms with van der Waals surface area (Å²) >= 11 is 0. The fraction of sp³-hybridized carbons (Fsp3) is 0.231. The number of halogens is 1. The molecule has 0 fully saturated rings. The fourth-order valence-electron chi connectivity index (χ4n) is 2.10. The summed E-state index contributed by atoms with van der Waals surface area (Å²) in [5.41, 5.74) is 1.53. The number of hydrogen-bond acceptors (Lipinski definition) is 4. The van der Waals surface area contributed by atoms with Gasteiger partial charge in [0.1, 0.15) is 11.3 Å². The van der Waals surface area contributed by atoms with Gasteiger partial charge in [0.2, 0.25) is 0 Å². The number of hydrogen-bond donors (Lipinski definition) is 1. The molecule has 1 aromatic carbocycles. The minimum absolute atomic E-state index is 0.152. The average molecular weight is 273 g/mol. The SMILES string of the molecule is CCc1n[nH]c(=O)c2c1nnn2Cc1ccccc1F. The molecule has 0 saturated carbocycles. The molecule has 0 bridgehead atoms. The van der Waals surface area contributed by atoms with Crippen LogP contribution in [0.1, 0.15) is 18.2 Å². The van der Waals surface area contributed by atoms with Crippen LogP contribution in [0.25, 0.3) is 11.0 Å². The van der Waals surface area contributed by atoms with Crippen LogP contribution in [0.5, 0.6) is 0 Å². The van der Waals surface area contributed by atoms with Crippen molar-refractivity contribution in [1.29, 1.82) is 0 Å². The van der Waals surface area contributed by atoms with Crippen molar-refractivity contribution in [2.45, 2.75) is 19.9 Å². The molecule has 0 aliphatic heterocycles. The standard InChI is InChI=1S/C13H12FN5O/c1-2-10-11-12(13(20)17-15-10)19(18-16-11)7-8-5-3-4-6-9(8)14/h3-6H,2,7H2,1H3,(H,17,20). The Kier molecular flexibility index (Phi) is 3.02. The van der Waals surface area contributed by atoms with Gasteiger partial charge in [0.25, 0.3) is 5.56 Å². The van der Waals surface area contributed by atoms with Crippen LogP contribution in [0.2, 0.25) is 0 Å². The van der Waals surface area contributed by atoms with Gasteiger partial charge < -0.3 is 0 Å². The summed E-state index contributed by atoms with van der Waals surface area (Å²) in [4.78, 5) is 11.9. The van der Waals surface area contributed by atoms with E-state index in [-0.39, 0.29) is 17.9 Å². The van der Waals surface area contributed by atoms with Gasteiger partial charge in [-0.05, 0) is 12.5 Å². The highest BCUT2D eigenvalue weighted by Gasteiger charge is 2.14. The van der Waals surface area contributed by atoms with Crippen molar-refractivity contribution in [1.82, 2.24) is 25.2 Å². The van der Waals surface area contributed by atoms with Crippen molar-refractivity contribution in [3.05, 3.63) is 51.7 Å². The molecule has 20 heavy (non-hydrogen) atoms. The first kappa shape index (κ1) is 12.5. The Bertz CT molecular complexity index is 823. The first-order chi connectivity index (χ1) is 9.70. The van der Waals surface area contributed by atoms with E-state index in [1.807, 2.05) is 6.92 Å². The zero-order valence-electron chi connectivity index (χ0n) is 10.8. The summed E-state index contributed by atoms with van der Waals surface area (Å²) in [6.07, 6.45) is 0.631. The van der Waals surface area contributed by atoms with Crippen LogP contribution < -0.4 is 5.56 Å². The van der Waals surface area contributed by atoms with Crippen LogP contribution in [0.4, 0.5) is 4.39 Å². The molecule has 2 heterocycles. The average Bonchev–Trinajstić information content (AvgIpc) is 2.87. The van der Waals surface area contributed by atoms with Gasteiger partial charge in [0.05, 0.1) is 12.2 Å². The van der Waals surface area contributed by atoms with Gasteiger partial charge in [-0.2, -0.15) is 5.10 Å². The van der Waals surface area contributed by atoms with E-state index in [1.54, 1.807) is 18.2 Å². The molecule has 7 heteroatoms. The summed E-state index contributed by atoms with van der Waals surface area (Å²) in [6, 6.07) is 6.38. The summed E-state index contributed by atoms with van der Waals surface area (Å²) in [5.74, 6) is -0.336. The molecule has 6 nitrogen and oxygen atoms in total. The summed E-state index contributed by atoms with van der Waals surface area (Å²) in [5, 5.41) is 14.3. The number of aromatic nitrogens is 5. The number of benzene rings is 1. The topological polar surface area (TPSA) is 76.5 Å². The molecular formula is C13H12FN5O. The molecule has 0 spiro atoms. The summed E-state index contributed by atoms with van der Waals surface area (Å²) < 4.78 is 15.1. The summed E-state index contributed by atoms with van der Waals surface area (Å²) in [7, 11) is 0. The molecule has 0 radical (unpaired) electrons. The third-order valence-corrected chi connectivity index (χ3v) is 3.13. The highest BCUT2D eigenvalue weighted by molar-refractivity contribution is 5.75. The normalized spacial score (nSPS) is 11.1. The van der Waals surface area contributed by atoms with Crippen molar-refractivity contribution in [3.8, 4) is 0 Å². The molecule has 1 N–H and O–H groups in total. The van der Waals surface area contributed by atoms with Crippen LogP contribution in [0.15, 0.2) is 29.1 Å². The number of rotatable bonds is 3. The van der Waals surface area contributed by atoms with E-state index >= 15 is 0 Å². The second-order valence-electron chi connectivity index (χ2n) is 4.39. The molecule has 3 rings (SSSR count). The fourth-order valence-corrected chi connectivity index (χ4v) is 2.10. The molecule has 0 aliphatic carbocycles. The maximum Gasteiger partial charge on any atom is 0.292 e. The Morgan fingerprint density at radius 3 is 2.90 bits per heavy atom. The molecule has 0 unspecified atom stereocenters. The zero-order valence-corrected chi connectivity index (χ0v) is 10.8. The lowest BCUT2D eigenvalue weighted by atomic mass is 10.2. The maximum absolute atomic E-state index is 13.7. The highest BCUT2D eigenvalue weighted by Crippen LogP contribution is 2.13. The smallest absolute Gasteiger partial charge is 0.265 e. The van der Waals surface area contributed by atoms with Crippen LogP contribution in [0, 0.1) is 5.82 Å². The molecule has 102 valence electrons. The number of nitrogens with one attached hydrogen (secondary N) is 1. The highest BCUT2D eigenvalue weighted by atomic mass is 19.1. The van der Waals surface area contributed by atoms with Crippen molar-refractivity contribution in [2.75, 3.05) is 0 Å². The molecule has 2 aromatic heterocycles. The number of nitrogens with zero attached hydrogens (tertiary/aromatic N) is 4. The van der Waals surface area contributed by atoms with Crippen molar-refractivity contribution < 1.29 is 4.39 Å². The largest absolute Gasteiger partial charge is 0.292 e. The summed E-state index contributed by atoms with van der Waals surface area (Å²) in [6.45, 7) is 2.06. The predicted octanol–water partition coefficient (Wildman–Crippen LogP) is 1.26. The molecule has 0 saturated heterocycles. The lowest BCUT2D eigenvalue weighted by Crippen LogP contribution is -2.15. The van der Waals surface area contributed by atoms with Crippen molar-refractivity contribution >= 4 is 11.0 Å². The number of fused-ring (bicyclic) bond motifs is 1. The van der Waals surface area contributed by atoms with Crippen LogP contribution in [-0.4, -0.2) is 25.2 Å². The molecule has 0 atom stereocenters. The van der Waals surface area contributed by atoms with E-state index in [1.165, 1.54) is 10.7 Å². The van der Waals surface area contributed by atoms with Gasteiger partial charge in [-0.3, -0.25) is 4.79 Å². The van der Waals surface area contributed by atoms with Gasteiger partial charge in [-0.1, -0.05) is 30.3 Å². The van der Waals surface area contributed by atoms with Crippen LogP contribution in [0.3, 0.4) is 0 Å². The Labute approximate surface area is 113 Å². The Morgan fingerprint density at radius 2 is 2.15 bits per heavy atom. The molecule has 3 aromatic rings. The van der Waals surface area contributed by atoms with E-state index in [0.717, 1.165) is 0 Å². The Balaban J connectivity index is 2.14. The van der Waals surface area contributed by atoms with Gasteiger partial charge in [0, 0.05) is 5.56 Å². The van der Waals surface area contributed by atoms with E-state index in [4.69, 9.17) is 0 Å². The lowest BCUT2D eigenvalue weighted by Gasteiger charge is -2.03. The Morgan fingerprint density at radius 1 is 1.35 bits per heavy atom. The molecule has 0 amide bonds. The number of H-pyrrole nitrogens is 1. The maximum atomic E-state index is 13.7. The van der Waals surface area contributed by atoms with Gasteiger partial charge >= 0.3 is 0 Å². The van der Waals surface area contributed by atoms with Crippen LogP contribution in [-0.2, 0) is 13.0 Å². The van der Waals surface area contributed by atoms with Gasteiger partial charge in [0.15, 0.2) is 5.52 Å². The second-order valence-corrected chi connectivity index (χ2v) is 4.39. The number of aromatic amines is 1. The van der Waals surface area contributed by atoms with Gasteiger partial charge in [-0.15, -0.1) is 5.10 Å². The second kappa shape index (κ2) is 4.84. The van der Waals surface area contributed by atoms with Crippen molar-refractivity contribution in [3.63, 3.8) is 0 Å². The molecule has 0 aliphatic rings. The minimum atomic E-state index is -0.376. The first-order valence-corrected chi connectivity index (χ1v) is 6.25. The van der Waals surface area contributed by atoms with E-state index in [2.05, 4.69) is 20.5 Å². The third kappa shape index (κ3) is 1.97. The predicted molar refractivity (Wildman–Crippen MR) is 70.8 cm³/mol.